The molecule has 2 aromatic carbocycles. The Morgan fingerprint density at radius 3 is 2.29 bits per heavy atom. The van der Waals surface area contributed by atoms with Gasteiger partial charge in [0.2, 0.25) is 5.91 Å². The van der Waals surface area contributed by atoms with Crippen LogP contribution < -0.4 is 10.6 Å². The fraction of sp³-hybridized carbons (Fsp3) is 0.444. The van der Waals surface area contributed by atoms with E-state index >= 15 is 0 Å². The minimum Gasteiger partial charge on any atom is -0.481 e. The number of ether oxygens (including phenoxy) is 1. The van der Waals surface area contributed by atoms with Crippen LogP contribution in [0.15, 0.2) is 48.5 Å². The Labute approximate surface area is 198 Å². The zero-order chi connectivity index (χ0) is 23.8. The van der Waals surface area contributed by atoms with Crippen LogP contribution in [0.3, 0.4) is 0 Å². The second kappa shape index (κ2) is 9.12. The monoisotopic (exact) mass is 462 g/mol. The van der Waals surface area contributed by atoms with E-state index in [1.165, 1.54) is 11.1 Å². The summed E-state index contributed by atoms with van der Waals surface area (Å²) in [7, 11) is 0. The molecule has 0 aliphatic heterocycles. The van der Waals surface area contributed by atoms with E-state index in [1.807, 2.05) is 24.3 Å². The van der Waals surface area contributed by atoms with Crippen molar-refractivity contribution in [2.24, 2.45) is 23.7 Å². The Balaban J connectivity index is 1.08. The van der Waals surface area contributed by atoms with Gasteiger partial charge in [0.15, 0.2) is 0 Å². The van der Waals surface area contributed by atoms with Crippen molar-refractivity contribution in [1.29, 1.82) is 0 Å². The lowest BCUT2D eigenvalue weighted by molar-refractivity contribution is -0.141. The third-order valence-electron chi connectivity index (χ3n) is 7.84. The molecule has 7 heteroatoms. The Kier molecular flexibility index (Phi) is 6.02. The van der Waals surface area contributed by atoms with Crippen LogP contribution in [0.2, 0.25) is 0 Å². The Bertz CT molecular complexity index is 1070. The van der Waals surface area contributed by atoms with E-state index in [-0.39, 0.29) is 42.9 Å². The van der Waals surface area contributed by atoms with E-state index in [0.717, 1.165) is 17.5 Å². The summed E-state index contributed by atoms with van der Waals surface area (Å²) in [6.07, 6.45) is 1.65. The Morgan fingerprint density at radius 1 is 1.00 bits per heavy atom. The summed E-state index contributed by atoms with van der Waals surface area (Å²) in [5, 5.41) is 15.0. The van der Waals surface area contributed by atoms with Crippen LogP contribution in [0.4, 0.5) is 4.79 Å². The quantitative estimate of drug-likeness (QED) is 0.581. The average molecular weight is 463 g/mol. The first kappa shape index (κ1) is 22.4. The van der Waals surface area contributed by atoms with Crippen LogP contribution in [0.25, 0.3) is 11.1 Å². The summed E-state index contributed by atoms with van der Waals surface area (Å²) in [5.41, 5.74) is 4.65. The van der Waals surface area contributed by atoms with E-state index in [1.54, 1.807) is 6.92 Å². The molecular formula is C27H30N2O5. The van der Waals surface area contributed by atoms with Gasteiger partial charge >= 0.3 is 12.1 Å². The molecule has 0 saturated heterocycles. The van der Waals surface area contributed by atoms with Crippen LogP contribution in [0, 0.1) is 23.7 Å². The summed E-state index contributed by atoms with van der Waals surface area (Å²) >= 11 is 0. The summed E-state index contributed by atoms with van der Waals surface area (Å²) < 4.78 is 5.54. The van der Waals surface area contributed by atoms with Gasteiger partial charge in [-0.05, 0) is 53.4 Å². The number of amides is 2. The van der Waals surface area contributed by atoms with Gasteiger partial charge in [-0.15, -0.1) is 0 Å². The lowest BCUT2D eigenvalue weighted by Crippen LogP contribution is -2.52. The van der Waals surface area contributed by atoms with Gasteiger partial charge in [0.05, 0.1) is 11.8 Å². The highest BCUT2D eigenvalue weighted by molar-refractivity contribution is 5.80. The number of carboxylic acids is 1. The molecule has 34 heavy (non-hydrogen) atoms. The van der Waals surface area contributed by atoms with Gasteiger partial charge in [0, 0.05) is 18.5 Å². The Hall–Kier alpha value is -3.35. The number of alkyl carbamates (subject to hydrolysis) is 1. The standard InChI is InChI=1S/C27H30N2O5/c1-15(25(30)29-24-12-16-10-17(26(31)32)11-22(16)24)13-28-27(33)34-14-23-20-8-4-2-6-18(20)19-7-3-5-9-21(19)23/h2-9,15-17,22-24H,10-14H2,1H3,(H,28,33)(H,29,30)(H,31,32)/t15?,16-,17?,22-,24+/m0/s1. The number of carbonyl (C=O) groups excluding carboxylic acids is 2. The predicted molar refractivity (Wildman–Crippen MR) is 126 cm³/mol. The molecule has 0 spiro atoms. The summed E-state index contributed by atoms with van der Waals surface area (Å²) in [6.45, 7) is 2.18. The van der Waals surface area contributed by atoms with Crippen molar-refractivity contribution < 1.29 is 24.2 Å². The molecule has 2 saturated carbocycles. The highest BCUT2D eigenvalue weighted by atomic mass is 16.5. The number of hydrogen-bond donors (Lipinski definition) is 3. The molecule has 7 nitrogen and oxygen atoms in total. The van der Waals surface area contributed by atoms with Crippen molar-refractivity contribution in [3.05, 3.63) is 59.7 Å². The van der Waals surface area contributed by atoms with Crippen molar-refractivity contribution in [3.63, 3.8) is 0 Å². The number of rotatable bonds is 7. The molecular weight excluding hydrogens is 432 g/mol. The molecule has 3 aliphatic carbocycles. The first-order chi connectivity index (χ1) is 16.4. The maximum absolute atomic E-state index is 12.6. The summed E-state index contributed by atoms with van der Waals surface area (Å²) in [4.78, 5) is 36.2. The number of carboxylic acid groups (broad SMARTS) is 1. The SMILES string of the molecule is CC(CNC(=O)OCC1c2ccccc2-c2ccccc21)C(=O)N[C@@H]1C[C@@H]2CC(C(=O)O)C[C@@H]21. The van der Waals surface area contributed by atoms with Crippen LogP contribution >= 0.6 is 0 Å². The third kappa shape index (κ3) is 4.15. The minimum atomic E-state index is -0.736. The first-order valence-electron chi connectivity index (χ1n) is 12.0. The van der Waals surface area contributed by atoms with Crippen molar-refractivity contribution in [1.82, 2.24) is 10.6 Å². The van der Waals surface area contributed by atoms with Crippen LogP contribution in [-0.4, -0.2) is 42.3 Å². The van der Waals surface area contributed by atoms with Crippen molar-refractivity contribution in [2.75, 3.05) is 13.2 Å². The average Bonchev–Trinajstić information content (AvgIpc) is 3.34. The molecule has 2 amide bonds. The van der Waals surface area contributed by atoms with Gasteiger partial charge in [0.25, 0.3) is 0 Å². The topological polar surface area (TPSA) is 105 Å². The van der Waals surface area contributed by atoms with Gasteiger partial charge < -0.3 is 20.5 Å². The summed E-state index contributed by atoms with van der Waals surface area (Å²) in [6, 6.07) is 16.4. The zero-order valence-electron chi connectivity index (χ0n) is 19.2. The maximum atomic E-state index is 12.6. The molecule has 3 aliphatic rings. The minimum absolute atomic E-state index is 0.00789. The molecule has 0 heterocycles. The van der Waals surface area contributed by atoms with Crippen LogP contribution in [0.5, 0.6) is 0 Å². The van der Waals surface area contributed by atoms with Gasteiger partial charge in [-0.1, -0.05) is 55.5 Å². The van der Waals surface area contributed by atoms with E-state index < -0.39 is 18.0 Å². The molecule has 3 N–H and O–H groups in total. The molecule has 178 valence electrons. The van der Waals surface area contributed by atoms with Gasteiger partial charge in [-0.3, -0.25) is 9.59 Å². The number of aliphatic carboxylic acids is 1. The van der Waals surface area contributed by atoms with E-state index in [4.69, 9.17) is 4.74 Å². The smallest absolute Gasteiger partial charge is 0.407 e. The normalized spacial score (nSPS) is 25.3. The Morgan fingerprint density at radius 2 is 1.65 bits per heavy atom. The largest absolute Gasteiger partial charge is 0.481 e. The van der Waals surface area contributed by atoms with Crippen molar-refractivity contribution in [3.8, 4) is 11.1 Å². The van der Waals surface area contributed by atoms with Gasteiger partial charge in [-0.2, -0.15) is 0 Å². The molecule has 2 fully saturated rings. The molecule has 0 aromatic heterocycles. The first-order valence-corrected chi connectivity index (χ1v) is 12.0. The maximum Gasteiger partial charge on any atom is 0.407 e. The van der Waals surface area contributed by atoms with Crippen molar-refractivity contribution >= 4 is 18.0 Å². The fourth-order valence-corrected chi connectivity index (χ4v) is 5.90. The summed E-state index contributed by atoms with van der Waals surface area (Å²) in [5.74, 6) is -0.901. The molecule has 2 unspecified atom stereocenters. The number of fused-ring (bicyclic) bond motifs is 4. The lowest BCUT2D eigenvalue weighted by Gasteiger charge is -2.41. The zero-order valence-corrected chi connectivity index (χ0v) is 19.2. The fourth-order valence-electron chi connectivity index (χ4n) is 5.90. The molecule has 0 bridgehead atoms. The van der Waals surface area contributed by atoms with Crippen LogP contribution in [0.1, 0.15) is 43.2 Å². The molecule has 0 radical (unpaired) electrons. The van der Waals surface area contributed by atoms with E-state index in [0.29, 0.717) is 18.8 Å². The number of hydrogen-bond acceptors (Lipinski definition) is 4. The second-order valence-electron chi connectivity index (χ2n) is 9.89. The number of nitrogens with one attached hydrogen (secondary N) is 2. The van der Waals surface area contributed by atoms with E-state index in [2.05, 4.69) is 34.9 Å². The molecule has 5 rings (SSSR count). The highest BCUT2D eigenvalue weighted by Gasteiger charge is 2.50. The predicted octanol–water partition coefficient (Wildman–Crippen LogP) is 3.78. The van der Waals surface area contributed by atoms with E-state index in [9.17, 15) is 19.5 Å². The number of benzene rings is 2. The molecule has 2 aromatic rings. The van der Waals surface area contributed by atoms with Crippen molar-refractivity contribution in [2.45, 2.75) is 38.1 Å². The second-order valence-corrected chi connectivity index (χ2v) is 9.89. The van der Waals surface area contributed by atoms with Gasteiger partial charge in [0.1, 0.15) is 6.61 Å². The lowest BCUT2D eigenvalue weighted by atomic mass is 9.71. The van der Waals surface area contributed by atoms with Gasteiger partial charge in [-0.25, -0.2) is 4.79 Å². The number of carbonyl (C=O) groups is 3. The third-order valence-corrected chi connectivity index (χ3v) is 7.84. The highest BCUT2D eigenvalue weighted by Crippen LogP contribution is 2.50. The van der Waals surface area contributed by atoms with Crippen LogP contribution in [-0.2, 0) is 14.3 Å². The molecule has 5 atom stereocenters.